The second-order valence-corrected chi connectivity index (χ2v) is 8.17. The van der Waals surface area contributed by atoms with Crippen molar-refractivity contribution in [3.8, 4) is 0 Å². The van der Waals surface area contributed by atoms with Crippen LogP contribution in [-0.2, 0) is 19.1 Å². The summed E-state index contributed by atoms with van der Waals surface area (Å²) in [6.45, 7) is 0.975. The third kappa shape index (κ3) is 3.68. The molecule has 0 radical (unpaired) electrons. The first-order valence-corrected chi connectivity index (χ1v) is 9.90. The van der Waals surface area contributed by atoms with Gasteiger partial charge in [-0.1, -0.05) is 24.3 Å². The molecule has 2 fully saturated rings. The molecule has 0 aromatic heterocycles. The Labute approximate surface area is 149 Å². The second-order valence-electron chi connectivity index (χ2n) is 8.17. The number of hydrogen-bond acceptors (Lipinski definition) is 4. The topological polar surface area (TPSA) is 52.6 Å². The highest BCUT2D eigenvalue weighted by molar-refractivity contribution is 5.74. The molecule has 4 aliphatic rings. The molecule has 0 saturated heterocycles. The number of hydrogen-bond donors (Lipinski definition) is 0. The maximum atomic E-state index is 12.1. The Balaban J connectivity index is 1.04. The number of carbonyl (C=O) groups is 2. The van der Waals surface area contributed by atoms with Crippen LogP contribution in [0.4, 0.5) is 0 Å². The van der Waals surface area contributed by atoms with Crippen molar-refractivity contribution in [2.45, 2.75) is 44.9 Å². The van der Waals surface area contributed by atoms with Crippen LogP contribution in [0.25, 0.3) is 0 Å². The van der Waals surface area contributed by atoms with Crippen LogP contribution in [0.1, 0.15) is 44.9 Å². The fourth-order valence-corrected chi connectivity index (χ4v) is 5.04. The van der Waals surface area contributed by atoms with E-state index in [1.807, 2.05) is 0 Å². The van der Waals surface area contributed by atoms with E-state index >= 15 is 0 Å². The molecule has 4 aliphatic carbocycles. The van der Waals surface area contributed by atoms with Crippen LogP contribution in [0.15, 0.2) is 24.3 Å². The average Bonchev–Trinajstić information content (AvgIpc) is 3.40. The zero-order chi connectivity index (χ0) is 17.2. The Morgan fingerprint density at radius 1 is 0.680 bits per heavy atom. The van der Waals surface area contributed by atoms with Gasteiger partial charge in [0.2, 0.25) is 0 Å². The van der Waals surface area contributed by atoms with Gasteiger partial charge >= 0.3 is 11.9 Å². The molecule has 6 atom stereocenters. The molecule has 4 nitrogen and oxygen atoms in total. The van der Waals surface area contributed by atoms with Crippen molar-refractivity contribution in [2.24, 2.45) is 35.5 Å². The smallest absolute Gasteiger partial charge is 0.309 e. The van der Waals surface area contributed by atoms with Gasteiger partial charge in [-0.05, 0) is 68.6 Å². The molecule has 0 spiro atoms. The van der Waals surface area contributed by atoms with Crippen LogP contribution < -0.4 is 0 Å². The monoisotopic (exact) mass is 344 g/mol. The standard InChI is InChI=1S/C21H28O4/c22-20(18-12-14-4-6-16(18)10-14)24-8-2-1-3-9-25-21(23)19-13-15-5-7-17(19)11-15/h4-7,14-19H,1-3,8-13H2. The minimum absolute atomic E-state index is 0.0207. The summed E-state index contributed by atoms with van der Waals surface area (Å²) in [5.74, 6) is 2.17. The van der Waals surface area contributed by atoms with Crippen molar-refractivity contribution in [3.63, 3.8) is 0 Å². The quantitative estimate of drug-likeness (QED) is 0.383. The van der Waals surface area contributed by atoms with Gasteiger partial charge in [0.05, 0.1) is 25.0 Å². The lowest BCUT2D eigenvalue weighted by Crippen LogP contribution is -2.22. The Morgan fingerprint density at radius 2 is 1.16 bits per heavy atom. The molecule has 25 heavy (non-hydrogen) atoms. The summed E-state index contributed by atoms with van der Waals surface area (Å²) in [6, 6.07) is 0. The van der Waals surface area contributed by atoms with E-state index in [0.29, 0.717) is 36.9 Å². The molecule has 0 aliphatic heterocycles. The van der Waals surface area contributed by atoms with Crippen LogP contribution in [0.5, 0.6) is 0 Å². The number of fused-ring (bicyclic) bond motifs is 4. The molecule has 4 heteroatoms. The number of esters is 2. The molecule has 0 amide bonds. The summed E-state index contributed by atoms with van der Waals surface area (Å²) >= 11 is 0. The third-order valence-electron chi connectivity index (χ3n) is 6.44. The molecule has 2 saturated carbocycles. The van der Waals surface area contributed by atoms with Gasteiger partial charge in [-0.15, -0.1) is 0 Å². The van der Waals surface area contributed by atoms with Crippen LogP contribution >= 0.6 is 0 Å². The van der Waals surface area contributed by atoms with Gasteiger partial charge in [0.15, 0.2) is 0 Å². The van der Waals surface area contributed by atoms with Crippen molar-refractivity contribution in [3.05, 3.63) is 24.3 Å². The van der Waals surface area contributed by atoms with Crippen molar-refractivity contribution >= 4 is 11.9 Å². The Bertz CT molecular complexity index is 528. The number of rotatable bonds is 8. The zero-order valence-corrected chi connectivity index (χ0v) is 14.8. The molecule has 6 unspecified atom stereocenters. The van der Waals surface area contributed by atoms with Gasteiger partial charge in [-0.25, -0.2) is 0 Å². The summed E-state index contributed by atoms with van der Waals surface area (Å²) in [4.78, 5) is 24.2. The molecule has 0 aromatic rings. The molecular weight excluding hydrogens is 316 g/mol. The van der Waals surface area contributed by atoms with Crippen LogP contribution in [0, 0.1) is 35.5 Å². The van der Waals surface area contributed by atoms with Gasteiger partial charge in [0.25, 0.3) is 0 Å². The molecule has 0 aromatic carbocycles. The van der Waals surface area contributed by atoms with Gasteiger partial charge in [0.1, 0.15) is 0 Å². The van der Waals surface area contributed by atoms with E-state index in [9.17, 15) is 9.59 Å². The molecule has 0 heterocycles. The van der Waals surface area contributed by atoms with Crippen molar-refractivity contribution in [1.82, 2.24) is 0 Å². The third-order valence-corrected chi connectivity index (χ3v) is 6.44. The van der Waals surface area contributed by atoms with E-state index in [2.05, 4.69) is 24.3 Å². The first-order chi connectivity index (χ1) is 12.2. The molecule has 136 valence electrons. The Kier molecular flexibility index (Phi) is 4.96. The van der Waals surface area contributed by atoms with E-state index in [0.717, 1.165) is 44.9 Å². The van der Waals surface area contributed by atoms with E-state index in [1.165, 1.54) is 0 Å². The predicted octanol–water partition coefficient (Wildman–Crippen LogP) is 3.67. The lowest BCUT2D eigenvalue weighted by atomic mass is 9.94. The van der Waals surface area contributed by atoms with Crippen LogP contribution in [0.3, 0.4) is 0 Å². The number of ether oxygens (including phenoxy) is 2. The second kappa shape index (κ2) is 7.35. The van der Waals surface area contributed by atoms with Crippen molar-refractivity contribution in [2.75, 3.05) is 13.2 Å². The number of unbranched alkanes of at least 4 members (excludes halogenated alkanes) is 2. The zero-order valence-electron chi connectivity index (χ0n) is 14.8. The normalized spacial score (nSPS) is 37.0. The van der Waals surface area contributed by atoms with Crippen molar-refractivity contribution in [1.29, 1.82) is 0 Å². The predicted molar refractivity (Wildman–Crippen MR) is 93.5 cm³/mol. The summed E-state index contributed by atoms with van der Waals surface area (Å²) < 4.78 is 10.9. The number of allylic oxidation sites excluding steroid dienone is 4. The fourth-order valence-electron chi connectivity index (χ4n) is 5.04. The Morgan fingerprint density at radius 3 is 1.52 bits per heavy atom. The Hall–Kier alpha value is -1.58. The van der Waals surface area contributed by atoms with Gasteiger partial charge in [-0.2, -0.15) is 0 Å². The van der Waals surface area contributed by atoms with Gasteiger partial charge in [-0.3, -0.25) is 9.59 Å². The highest BCUT2D eigenvalue weighted by Crippen LogP contribution is 2.44. The minimum atomic E-state index is -0.0207. The minimum Gasteiger partial charge on any atom is -0.465 e. The van der Waals surface area contributed by atoms with Crippen LogP contribution in [0.2, 0.25) is 0 Å². The molecule has 0 N–H and O–H groups in total. The SMILES string of the molecule is O=C(OCCCCCOC(=O)C1CC2C=CC1C2)C1CC2C=CC1C2. The highest BCUT2D eigenvalue weighted by Gasteiger charge is 2.41. The van der Waals surface area contributed by atoms with Gasteiger partial charge in [0, 0.05) is 0 Å². The fraction of sp³-hybridized carbons (Fsp3) is 0.714. The largest absolute Gasteiger partial charge is 0.465 e. The van der Waals surface area contributed by atoms with E-state index in [-0.39, 0.29) is 23.8 Å². The molecular formula is C21H28O4. The summed E-state index contributed by atoms with van der Waals surface area (Å²) in [6.07, 6.45) is 15.6. The number of carbonyl (C=O) groups excluding carboxylic acids is 2. The average molecular weight is 344 g/mol. The van der Waals surface area contributed by atoms with Crippen molar-refractivity contribution < 1.29 is 19.1 Å². The summed E-state index contributed by atoms with van der Waals surface area (Å²) in [5.41, 5.74) is 0. The molecule has 4 bridgehead atoms. The van der Waals surface area contributed by atoms with E-state index < -0.39 is 0 Å². The lowest BCUT2D eigenvalue weighted by Gasteiger charge is -2.17. The summed E-state index contributed by atoms with van der Waals surface area (Å²) in [7, 11) is 0. The first kappa shape index (κ1) is 16.9. The first-order valence-electron chi connectivity index (χ1n) is 9.90. The van der Waals surface area contributed by atoms with E-state index in [1.54, 1.807) is 0 Å². The van der Waals surface area contributed by atoms with Crippen LogP contribution in [-0.4, -0.2) is 25.2 Å². The summed E-state index contributed by atoms with van der Waals surface area (Å²) in [5, 5.41) is 0. The molecule has 4 rings (SSSR count). The highest BCUT2D eigenvalue weighted by atomic mass is 16.5. The maximum Gasteiger partial charge on any atom is 0.309 e. The maximum absolute atomic E-state index is 12.1. The lowest BCUT2D eigenvalue weighted by molar-refractivity contribution is -0.149. The van der Waals surface area contributed by atoms with E-state index in [4.69, 9.17) is 9.47 Å². The van der Waals surface area contributed by atoms with Gasteiger partial charge < -0.3 is 9.47 Å².